The molecule has 2 aromatic rings. The van der Waals surface area contributed by atoms with Crippen LogP contribution in [0, 0.1) is 4.77 Å². The molecule has 4 rings (SSSR count). The normalized spacial score (nSPS) is 20.7. The van der Waals surface area contributed by atoms with Crippen molar-refractivity contribution in [2.24, 2.45) is 7.05 Å². The Hall–Kier alpha value is -2.52. The Bertz CT molecular complexity index is 1010. The van der Waals surface area contributed by atoms with Crippen LogP contribution in [-0.2, 0) is 13.5 Å². The van der Waals surface area contributed by atoms with Gasteiger partial charge in [-0.25, -0.2) is 0 Å². The molecule has 2 N–H and O–H groups in total. The van der Waals surface area contributed by atoms with Gasteiger partial charge in [-0.3, -0.25) is 9.78 Å². The average molecular weight is 377 g/mol. The van der Waals surface area contributed by atoms with Gasteiger partial charge in [0.2, 0.25) is 12.5 Å². The summed E-state index contributed by atoms with van der Waals surface area (Å²) in [5.74, 6) is 1.26. The van der Waals surface area contributed by atoms with Crippen molar-refractivity contribution in [1.82, 2.24) is 9.55 Å². The summed E-state index contributed by atoms with van der Waals surface area (Å²) in [7, 11) is 5.06. The molecule has 0 bridgehead atoms. The van der Waals surface area contributed by atoms with E-state index in [1.165, 1.54) is 4.57 Å². The number of hydrogen-bond donors (Lipinski definition) is 2. The minimum Gasteiger partial charge on any atom is -0.860 e. The van der Waals surface area contributed by atoms with E-state index in [9.17, 15) is 9.90 Å². The third-order valence-corrected chi connectivity index (χ3v) is 5.49. The van der Waals surface area contributed by atoms with Crippen LogP contribution in [0.25, 0.3) is 0 Å². The Morgan fingerprint density at radius 1 is 1.42 bits per heavy atom. The molecule has 0 radical (unpaired) electrons. The van der Waals surface area contributed by atoms with Crippen LogP contribution in [0.5, 0.6) is 23.1 Å². The SMILES string of the molecule is COc1c2c(cc3c1[C@H](c1c([O-])n(C)c(=S)[nH]c1=O)[NH+](C)CC3)OCO2. The summed E-state index contributed by atoms with van der Waals surface area (Å²) in [6, 6.07) is 1.43. The van der Waals surface area contributed by atoms with Gasteiger partial charge in [0.05, 0.1) is 31.8 Å². The maximum Gasteiger partial charge on any atom is 0.260 e. The van der Waals surface area contributed by atoms with E-state index in [1.54, 1.807) is 14.2 Å². The quantitative estimate of drug-likeness (QED) is 0.680. The zero-order valence-corrected chi connectivity index (χ0v) is 15.5. The van der Waals surface area contributed by atoms with E-state index in [-0.39, 0.29) is 17.1 Å². The predicted molar refractivity (Wildman–Crippen MR) is 92.7 cm³/mol. The second-order valence-electron chi connectivity index (χ2n) is 6.53. The molecule has 0 saturated carbocycles. The molecule has 2 aliphatic rings. The molecule has 0 aliphatic carbocycles. The van der Waals surface area contributed by atoms with Gasteiger partial charge >= 0.3 is 0 Å². The number of methoxy groups -OCH3 is 1. The van der Waals surface area contributed by atoms with Crippen molar-refractivity contribution in [3.63, 3.8) is 0 Å². The Kier molecular flexibility index (Phi) is 3.92. The monoisotopic (exact) mass is 377 g/mol. The zero-order valence-electron chi connectivity index (χ0n) is 14.7. The summed E-state index contributed by atoms with van der Waals surface area (Å²) in [6.07, 6.45) is 0.780. The van der Waals surface area contributed by atoms with Crippen molar-refractivity contribution in [3.05, 3.63) is 37.9 Å². The van der Waals surface area contributed by atoms with Crippen LogP contribution in [0.3, 0.4) is 0 Å². The lowest BCUT2D eigenvalue weighted by Crippen LogP contribution is -3.10. The summed E-state index contributed by atoms with van der Waals surface area (Å²) in [6.45, 7) is 0.883. The molecule has 0 fully saturated rings. The third kappa shape index (κ3) is 2.31. The van der Waals surface area contributed by atoms with Crippen molar-refractivity contribution in [2.45, 2.75) is 12.5 Å². The number of nitrogens with one attached hydrogen (secondary N) is 2. The van der Waals surface area contributed by atoms with Crippen molar-refractivity contribution >= 4 is 12.2 Å². The van der Waals surface area contributed by atoms with Gasteiger partial charge in [-0.1, -0.05) is 0 Å². The highest BCUT2D eigenvalue weighted by Crippen LogP contribution is 2.48. The number of hydrogen-bond acceptors (Lipinski definition) is 6. The summed E-state index contributed by atoms with van der Waals surface area (Å²) >= 11 is 5.05. The molecule has 0 spiro atoms. The number of aromatic amines is 1. The second-order valence-corrected chi connectivity index (χ2v) is 6.92. The summed E-state index contributed by atoms with van der Waals surface area (Å²) in [5.41, 5.74) is 1.47. The summed E-state index contributed by atoms with van der Waals surface area (Å²) in [4.78, 5) is 16.3. The fraction of sp³-hybridized carbons (Fsp3) is 0.412. The van der Waals surface area contributed by atoms with Crippen LogP contribution in [0.2, 0.25) is 0 Å². The number of ether oxygens (including phenoxy) is 3. The van der Waals surface area contributed by atoms with E-state index in [0.717, 1.165) is 29.0 Å². The Morgan fingerprint density at radius 3 is 2.92 bits per heavy atom. The lowest BCUT2D eigenvalue weighted by atomic mass is 9.87. The summed E-state index contributed by atoms with van der Waals surface area (Å²) in [5, 5.41) is 12.9. The largest absolute Gasteiger partial charge is 0.860 e. The van der Waals surface area contributed by atoms with Crippen LogP contribution < -0.4 is 29.8 Å². The Balaban J connectivity index is 2.03. The first-order chi connectivity index (χ1) is 12.4. The molecule has 1 unspecified atom stereocenters. The number of aromatic nitrogens is 2. The highest BCUT2D eigenvalue weighted by Gasteiger charge is 2.39. The maximum atomic E-state index is 12.9. The maximum absolute atomic E-state index is 12.9. The molecule has 0 amide bonds. The Morgan fingerprint density at radius 2 is 2.19 bits per heavy atom. The van der Waals surface area contributed by atoms with Gasteiger partial charge in [0.1, 0.15) is 6.04 Å². The molecule has 1 aromatic carbocycles. The van der Waals surface area contributed by atoms with Crippen molar-refractivity contribution in [2.75, 3.05) is 27.5 Å². The molecule has 3 heterocycles. The van der Waals surface area contributed by atoms with Gasteiger partial charge in [-0.2, -0.15) is 0 Å². The van der Waals surface area contributed by atoms with Gasteiger partial charge in [-0.05, 0) is 29.7 Å². The molecule has 0 saturated heterocycles. The van der Waals surface area contributed by atoms with Gasteiger partial charge in [0, 0.05) is 13.5 Å². The fourth-order valence-corrected chi connectivity index (χ4v) is 3.97. The van der Waals surface area contributed by atoms with E-state index < -0.39 is 17.5 Å². The number of likely N-dealkylation sites (N-methyl/N-ethyl adjacent to an activating group) is 1. The van der Waals surface area contributed by atoms with Gasteiger partial charge in [0.15, 0.2) is 16.3 Å². The number of H-pyrrole nitrogens is 1. The summed E-state index contributed by atoms with van der Waals surface area (Å²) < 4.78 is 18.1. The highest BCUT2D eigenvalue weighted by atomic mass is 32.1. The third-order valence-electron chi connectivity index (χ3n) is 5.11. The van der Waals surface area contributed by atoms with E-state index in [1.807, 2.05) is 13.1 Å². The minimum absolute atomic E-state index is 0.107. The number of fused-ring (bicyclic) bond motifs is 2. The first-order valence-corrected chi connectivity index (χ1v) is 8.66. The van der Waals surface area contributed by atoms with Crippen LogP contribution in [0.4, 0.5) is 0 Å². The molecule has 9 heteroatoms. The molecule has 1 aromatic heterocycles. The number of nitrogens with zero attached hydrogens (tertiary/aromatic N) is 1. The van der Waals surface area contributed by atoms with Gasteiger partial charge in [0.25, 0.3) is 5.56 Å². The van der Waals surface area contributed by atoms with Crippen LogP contribution >= 0.6 is 12.2 Å². The molecular weight excluding hydrogens is 358 g/mol. The number of quaternary nitrogens is 1. The number of benzene rings is 1. The standard InChI is InChI=1S/C17H19N3O5S/c1-19-5-4-8-6-9-13(25-7-24-9)14(23-3)10(8)12(19)11-15(21)18-17(26)20(2)16(11)22/h6,12,22H,4-5,7H2,1-3H3,(H,18,21,26)/t12-/m1/s1. The lowest BCUT2D eigenvalue weighted by Gasteiger charge is -2.34. The predicted octanol–water partition coefficient (Wildman–Crippen LogP) is -0.586. The zero-order chi connectivity index (χ0) is 18.6. The van der Waals surface area contributed by atoms with E-state index in [2.05, 4.69) is 4.98 Å². The highest BCUT2D eigenvalue weighted by molar-refractivity contribution is 7.71. The van der Waals surface area contributed by atoms with Crippen LogP contribution in [0.1, 0.15) is 22.7 Å². The lowest BCUT2D eigenvalue weighted by molar-refractivity contribution is -0.908. The first-order valence-electron chi connectivity index (χ1n) is 8.26. The van der Waals surface area contributed by atoms with E-state index >= 15 is 0 Å². The molecule has 2 aliphatic heterocycles. The second kappa shape index (κ2) is 6.03. The fourth-order valence-electron chi connectivity index (χ4n) is 3.79. The van der Waals surface area contributed by atoms with E-state index in [4.69, 9.17) is 26.4 Å². The molecule has 2 atom stereocenters. The molecular formula is C17H19N3O5S. The molecule has 26 heavy (non-hydrogen) atoms. The van der Waals surface area contributed by atoms with Crippen LogP contribution in [0.15, 0.2) is 10.9 Å². The average Bonchev–Trinajstić information content (AvgIpc) is 3.08. The smallest absolute Gasteiger partial charge is 0.260 e. The topological polar surface area (TPSA) is 93.0 Å². The Labute approximate surface area is 154 Å². The van der Waals surface area contributed by atoms with Crippen LogP contribution in [-0.4, -0.2) is 37.0 Å². The van der Waals surface area contributed by atoms with Crippen molar-refractivity contribution < 1.29 is 24.2 Å². The van der Waals surface area contributed by atoms with Gasteiger partial charge < -0.3 is 28.8 Å². The van der Waals surface area contributed by atoms with Crippen molar-refractivity contribution in [1.29, 1.82) is 0 Å². The number of rotatable bonds is 2. The first kappa shape index (κ1) is 16.9. The minimum atomic E-state index is -0.485. The van der Waals surface area contributed by atoms with Crippen molar-refractivity contribution in [3.8, 4) is 23.1 Å². The van der Waals surface area contributed by atoms with Gasteiger partial charge in [-0.15, -0.1) is 0 Å². The molecule has 8 nitrogen and oxygen atoms in total. The molecule has 138 valence electrons. The van der Waals surface area contributed by atoms with E-state index in [0.29, 0.717) is 17.2 Å².